The van der Waals surface area contributed by atoms with Gasteiger partial charge in [-0.3, -0.25) is 4.79 Å². The summed E-state index contributed by atoms with van der Waals surface area (Å²) in [6, 6.07) is 0. The Morgan fingerprint density at radius 2 is 1.96 bits per heavy atom. The van der Waals surface area contributed by atoms with E-state index in [1.54, 1.807) is 0 Å². The second-order valence-electron chi connectivity index (χ2n) is 7.13. The van der Waals surface area contributed by atoms with Gasteiger partial charge >= 0.3 is 6.18 Å². The number of piperidine rings is 1. The van der Waals surface area contributed by atoms with E-state index in [0.29, 0.717) is 25.7 Å². The van der Waals surface area contributed by atoms with Gasteiger partial charge in [0.15, 0.2) is 0 Å². The van der Waals surface area contributed by atoms with E-state index in [9.17, 15) is 23.1 Å². The average Bonchev–Trinajstić information content (AvgIpc) is 2.92. The number of likely N-dealkylation sites (tertiary alicyclic amines) is 1. The van der Waals surface area contributed by atoms with E-state index in [2.05, 4.69) is 30.4 Å². The fourth-order valence-corrected chi connectivity index (χ4v) is 3.19. The van der Waals surface area contributed by atoms with Gasteiger partial charge in [0.05, 0.1) is 0 Å². The highest BCUT2D eigenvalue weighted by Crippen LogP contribution is 2.34. The van der Waals surface area contributed by atoms with Gasteiger partial charge in [-0.05, 0) is 31.8 Å². The van der Waals surface area contributed by atoms with E-state index in [0.717, 1.165) is 18.0 Å². The van der Waals surface area contributed by atoms with Crippen molar-refractivity contribution < 1.29 is 23.1 Å². The van der Waals surface area contributed by atoms with Crippen LogP contribution in [0.1, 0.15) is 33.6 Å². The van der Waals surface area contributed by atoms with Gasteiger partial charge in [-0.1, -0.05) is 13.8 Å². The number of hydrazine groups is 1. The van der Waals surface area contributed by atoms with E-state index in [-0.39, 0.29) is 19.0 Å². The van der Waals surface area contributed by atoms with Gasteiger partial charge in [0.25, 0.3) is 5.91 Å². The maximum absolute atomic E-state index is 12.8. The van der Waals surface area contributed by atoms with E-state index in [4.69, 9.17) is 0 Å². The molecule has 0 aliphatic carbocycles. The summed E-state index contributed by atoms with van der Waals surface area (Å²) in [5.41, 5.74) is 1.13. The highest BCUT2D eigenvalue weighted by atomic mass is 19.4. The van der Waals surface area contributed by atoms with Crippen LogP contribution in [0.2, 0.25) is 0 Å². The molecule has 2 N–H and O–H groups in total. The van der Waals surface area contributed by atoms with Crippen LogP contribution in [0.3, 0.4) is 0 Å². The first-order valence-corrected chi connectivity index (χ1v) is 8.33. The SMILES string of the molecule is CC(C)CN1NCC=C1C1CCN(C(=O)[C@@](C)(O)C(F)(F)F)CC1. The largest absolute Gasteiger partial charge is 0.426 e. The summed E-state index contributed by atoms with van der Waals surface area (Å²) in [7, 11) is 0. The molecule has 0 unspecified atom stereocenters. The van der Waals surface area contributed by atoms with Crippen molar-refractivity contribution >= 4 is 5.91 Å². The normalized spacial score (nSPS) is 22.8. The molecule has 1 saturated heterocycles. The maximum Gasteiger partial charge on any atom is 0.426 e. The Balaban J connectivity index is 1.95. The summed E-state index contributed by atoms with van der Waals surface area (Å²) >= 11 is 0. The quantitative estimate of drug-likeness (QED) is 0.814. The van der Waals surface area contributed by atoms with Crippen LogP contribution in [-0.4, -0.2) is 58.9 Å². The van der Waals surface area contributed by atoms with Gasteiger partial charge in [0.1, 0.15) is 0 Å². The van der Waals surface area contributed by atoms with E-state index >= 15 is 0 Å². The molecule has 1 fully saturated rings. The van der Waals surface area contributed by atoms with Gasteiger partial charge < -0.3 is 15.0 Å². The third kappa shape index (κ3) is 3.85. The Bertz CT molecular complexity index is 495. The van der Waals surface area contributed by atoms with Gasteiger partial charge in [-0.2, -0.15) is 13.2 Å². The van der Waals surface area contributed by atoms with E-state index < -0.39 is 17.7 Å². The number of amides is 1. The molecule has 2 aliphatic heterocycles. The van der Waals surface area contributed by atoms with Crippen molar-refractivity contribution in [3.8, 4) is 0 Å². The number of rotatable bonds is 4. The third-order valence-electron chi connectivity index (χ3n) is 4.62. The van der Waals surface area contributed by atoms with Crippen molar-refractivity contribution in [2.45, 2.75) is 45.4 Å². The van der Waals surface area contributed by atoms with Gasteiger partial charge in [0, 0.05) is 37.8 Å². The van der Waals surface area contributed by atoms with E-state index in [1.165, 1.54) is 5.70 Å². The second kappa shape index (κ2) is 6.92. The van der Waals surface area contributed by atoms with Gasteiger partial charge in [-0.25, -0.2) is 5.43 Å². The molecular formula is C16H26F3N3O2. The zero-order chi connectivity index (χ0) is 18.1. The monoisotopic (exact) mass is 349 g/mol. The molecule has 0 spiro atoms. The molecule has 1 atom stereocenters. The minimum Gasteiger partial charge on any atom is -0.373 e. The fraction of sp³-hybridized carbons (Fsp3) is 0.812. The standard InChI is InChI=1S/C16H26F3N3O2/c1-11(2)10-22-13(4-7-20-22)12-5-8-21(9-6-12)14(23)15(3,24)16(17,18)19/h4,11-12,20,24H,5-10H2,1-3H3/t15-/m1/s1. The molecule has 2 heterocycles. The first kappa shape index (κ1) is 19.1. The number of nitrogens with one attached hydrogen (secondary N) is 1. The molecule has 138 valence electrons. The molecule has 0 aromatic carbocycles. The summed E-state index contributed by atoms with van der Waals surface area (Å²) in [5.74, 6) is -0.549. The lowest BCUT2D eigenvalue weighted by atomic mass is 9.91. The molecule has 0 aromatic heterocycles. The smallest absolute Gasteiger partial charge is 0.373 e. The second-order valence-corrected chi connectivity index (χ2v) is 7.13. The molecule has 5 nitrogen and oxygen atoms in total. The van der Waals surface area contributed by atoms with Crippen molar-refractivity contribution in [1.29, 1.82) is 0 Å². The van der Waals surface area contributed by atoms with Crippen LogP contribution in [0, 0.1) is 11.8 Å². The molecule has 8 heteroatoms. The van der Waals surface area contributed by atoms with Crippen molar-refractivity contribution in [1.82, 2.24) is 15.3 Å². The van der Waals surface area contributed by atoms with Crippen molar-refractivity contribution in [3.63, 3.8) is 0 Å². The predicted octanol–water partition coefficient (Wildman–Crippen LogP) is 1.90. The number of nitrogens with zero attached hydrogens (tertiary/aromatic N) is 2. The molecular weight excluding hydrogens is 323 g/mol. The number of hydrogen-bond donors (Lipinski definition) is 2. The van der Waals surface area contributed by atoms with Crippen LogP contribution >= 0.6 is 0 Å². The predicted molar refractivity (Wildman–Crippen MR) is 83.6 cm³/mol. The molecule has 0 bridgehead atoms. The topological polar surface area (TPSA) is 55.8 Å². The highest BCUT2D eigenvalue weighted by Gasteiger charge is 2.57. The zero-order valence-corrected chi connectivity index (χ0v) is 14.4. The molecule has 24 heavy (non-hydrogen) atoms. The molecule has 2 aliphatic rings. The number of carbonyl (C=O) groups is 1. The zero-order valence-electron chi connectivity index (χ0n) is 14.4. The minimum absolute atomic E-state index is 0.221. The van der Waals surface area contributed by atoms with Crippen LogP contribution in [0.25, 0.3) is 0 Å². The number of aliphatic hydroxyl groups is 1. The summed E-state index contributed by atoms with van der Waals surface area (Å²) in [6.07, 6.45) is -1.66. The fourth-order valence-electron chi connectivity index (χ4n) is 3.19. The maximum atomic E-state index is 12.8. The van der Waals surface area contributed by atoms with Gasteiger partial charge in [-0.15, -0.1) is 0 Å². The summed E-state index contributed by atoms with van der Waals surface area (Å²) in [6.45, 7) is 6.84. The third-order valence-corrected chi connectivity index (χ3v) is 4.62. The number of halogens is 3. The summed E-state index contributed by atoms with van der Waals surface area (Å²) in [4.78, 5) is 13.1. The first-order chi connectivity index (χ1) is 11.0. The van der Waals surface area contributed by atoms with Crippen molar-refractivity contribution in [3.05, 3.63) is 11.8 Å². The molecule has 2 rings (SSSR count). The summed E-state index contributed by atoms with van der Waals surface area (Å²) in [5, 5.41) is 11.7. The van der Waals surface area contributed by atoms with Crippen LogP contribution < -0.4 is 5.43 Å². The van der Waals surface area contributed by atoms with E-state index in [1.807, 2.05) is 0 Å². The Hall–Kier alpha value is -1.28. The molecule has 0 saturated carbocycles. The highest BCUT2D eigenvalue weighted by molar-refractivity contribution is 5.85. The Morgan fingerprint density at radius 1 is 1.38 bits per heavy atom. The Labute approximate surface area is 140 Å². The van der Waals surface area contributed by atoms with Crippen LogP contribution in [0.4, 0.5) is 13.2 Å². The lowest BCUT2D eigenvalue weighted by Crippen LogP contribution is -2.57. The van der Waals surface area contributed by atoms with Crippen molar-refractivity contribution in [2.24, 2.45) is 11.8 Å². The lowest BCUT2D eigenvalue weighted by Gasteiger charge is -2.38. The van der Waals surface area contributed by atoms with Crippen LogP contribution in [-0.2, 0) is 4.79 Å². The average molecular weight is 349 g/mol. The number of allylic oxidation sites excluding steroid dienone is 1. The van der Waals surface area contributed by atoms with Crippen LogP contribution in [0.15, 0.2) is 11.8 Å². The first-order valence-electron chi connectivity index (χ1n) is 8.33. The Kier molecular flexibility index (Phi) is 5.49. The van der Waals surface area contributed by atoms with Crippen molar-refractivity contribution in [2.75, 3.05) is 26.2 Å². The minimum atomic E-state index is -4.97. The Morgan fingerprint density at radius 3 is 2.46 bits per heavy atom. The number of hydrogen-bond acceptors (Lipinski definition) is 4. The van der Waals surface area contributed by atoms with Gasteiger partial charge in [0.2, 0.25) is 5.60 Å². The molecule has 0 aromatic rings. The number of carbonyl (C=O) groups excluding carboxylic acids is 1. The number of alkyl halides is 3. The summed E-state index contributed by atoms with van der Waals surface area (Å²) < 4.78 is 38.4. The molecule has 0 radical (unpaired) electrons. The molecule has 1 amide bonds. The lowest BCUT2D eigenvalue weighted by molar-refractivity contribution is -0.250. The van der Waals surface area contributed by atoms with Crippen LogP contribution in [0.5, 0.6) is 0 Å².